The number of anilines is 1. The second-order valence-corrected chi connectivity index (χ2v) is 8.92. The van der Waals surface area contributed by atoms with Crippen LogP contribution in [0, 0.1) is 18.3 Å². The van der Waals surface area contributed by atoms with Crippen LogP contribution in [0.1, 0.15) is 36.9 Å². The summed E-state index contributed by atoms with van der Waals surface area (Å²) in [6.45, 7) is 8.45. The number of aromatic nitrogens is 3. The van der Waals surface area contributed by atoms with Gasteiger partial charge in [-0.15, -0.1) is 0 Å². The van der Waals surface area contributed by atoms with Gasteiger partial charge >= 0.3 is 0 Å². The van der Waals surface area contributed by atoms with Crippen molar-refractivity contribution in [2.24, 2.45) is 0 Å². The topological polar surface area (TPSA) is 91.2 Å². The van der Waals surface area contributed by atoms with E-state index in [0.29, 0.717) is 55.3 Å². The number of thioether (sulfide) groups is 1. The first kappa shape index (κ1) is 22.0. The van der Waals surface area contributed by atoms with Crippen LogP contribution in [0.5, 0.6) is 0 Å². The molecule has 1 aromatic carbocycles. The number of carbonyl (C=O) groups excluding carboxylic acids is 1. The van der Waals surface area contributed by atoms with Crippen LogP contribution in [0.2, 0.25) is 0 Å². The van der Waals surface area contributed by atoms with Crippen LogP contribution in [0.25, 0.3) is 5.69 Å². The van der Waals surface area contributed by atoms with Gasteiger partial charge in [-0.25, -0.2) is 9.97 Å². The van der Waals surface area contributed by atoms with E-state index in [9.17, 15) is 10.1 Å². The lowest BCUT2D eigenvalue weighted by Gasteiger charge is -2.34. The van der Waals surface area contributed by atoms with Gasteiger partial charge < -0.3 is 14.2 Å². The quantitative estimate of drug-likeness (QED) is 0.530. The van der Waals surface area contributed by atoms with Crippen LogP contribution < -0.4 is 4.90 Å². The fraction of sp³-hybridized carbons (Fsp3) is 0.391. The maximum absolute atomic E-state index is 12.8. The van der Waals surface area contributed by atoms with E-state index in [0.717, 1.165) is 10.8 Å². The maximum atomic E-state index is 12.8. The molecule has 0 bridgehead atoms. The van der Waals surface area contributed by atoms with Crippen molar-refractivity contribution in [2.45, 2.75) is 31.8 Å². The van der Waals surface area contributed by atoms with Gasteiger partial charge in [0.2, 0.25) is 17.5 Å². The van der Waals surface area contributed by atoms with Crippen LogP contribution >= 0.6 is 11.8 Å². The number of oxazole rings is 1. The highest BCUT2D eigenvalue weighted by Gasteiger charge is 2.26. The molecule has 0 unspecified atom stereocenters. The predicted octanol–water partition coefficient (Wildman–Crippen LogP) is 3.60. The molecule has 1 fully saturated rings. The smallest absolute Gasteiger partial charge is 0.234 e. The molecule has 1 saturated heterocycles. The summed E-state index contributed by atoms with van der Waals surface area (Å²) in [5, 5.41) is 10.0. The van der Waals surface area contributed by atoms with Crippen LogP contribution in [0.15, 0.2) is 46.2 Å². The molecule has 1 aliphatic rings. The third-order valence-corrected chi connectivity index (χ3v) is 6.46. The molecule has 0 spiro atoms. The van der Waals surface area contributed by atoms with Crippen LogP contribution in [0.4, 0.5) is 5.88 Å². The summed E-state index contributed by atoms with van der Waals surface area (Å²) in [6.07, 6.45) is 3.68. The number of benzene rings is 1. The Morgan fingerprint density at radius 3 is 2.59 bits per heavy atom. The van der Waals surface area contributed by atoms with E-state index in [1.54, 1.807) is 13.1 Å². The molecule has 3 aromatic rings. The molecule has 0 radical (unpaired) electrons. The van der Waals surface area contributed by atoms with Gasteiger partial charge in [0.1, 0.15) is 6.07 Å². The van der Waals surface area contributed by atoms with Gasteiger partial charge in [0.15, 0.2) is 11.0 Å². The lowest BCUT2D eigenvalue weighted by Crippen LogP contribution is -2.49. The zero-order valence-electron chi connectivity index (χ0n) is 18.5. The summed E-state index contributed by atoms with van der Waals surface area (Å²) < 4.78 is 7.60. The normalized spacial score (nSPS) is 14.1. The monoisotopic (exact) mass is 450 g/mol. The van der Waals surface area contributed by atoms with Crippen molar-refractivity contribution in [3.63, 3.8) is 0 Å². The molecule has 8 nitrogen and oxygen atoms in total. The minimum atomic E-state index is 0.0774. The number of imidazole rings is 1. The Bertz CT molecular complexity index is 1120. The summed E-state index contributed by atoms with van der Waals surface area (Å²) in [5.74, 6) is 1.86. The van der Waals surface area contributed by atoms with Crippen LogP contribution in [0.3, 0.4) is 0 Å². The molecular formula is C23H26N6O2S. The average molecular weight is 451 g/mol. The molecule has 0 N–H and O–H groups in total. The van der Waals surface area contributed by atoms with E-state index >= 15 is 0 Å². The minimum absolute atomic E-state index is 0.0774. The predicted molar refractivity (Wildman–Crippen MR) is 123 cm³/mol. The van der Waals surface area contributed by atoms with Crippen molar-refractivity contribution in [2.75, 3.05) is 36.8 Å². The zero-order chi connectivity index (χ0) is 22.7. The molecule has 4 rings (SSSR count). The summed E-state index contributed by atoms with van der Waals surface area (Å²) in [4.78, 5) is 25.2. The van der Waals surface area contributed by atoms with E-state index in [1.807, 2.05) is 20.6 Å². The van der Waals surface area contributed by atoms with Crippen molar-refractivity contribution in [3.8, 4) is 11.8 Å². The van der Waals surface area contributed by atoms with E-state index in [1.165, 1.54) is 17.3 Å². The molecular weight excluding hydrogens is 424 g/mol. The van der Waals surface area contributed by atoms with Crippen molar-refractivity contribution < 1.29 is 9.21 Å². The van der Waals surface area contributed by atoms with Crippen molar-refractivity contribution in [1.82, 2.24) is 19.4 Å². The minimum Gasteiger partial charge on any atom is -0.424 e. The summed E-state index contributed by atoms with van der Waals surface area (Å²) in [7, 11) is 0. The first-order valence-corrected chi connectivity index (χ1v) is 11.6. The second-order valence-electron chi connectivity index (χ2n) is 7.98. The molecule has 166 valence electrons. The zero-order valence-corrected chi connectivity index (χ0v) is 19.3. The highest BCUT2D eigenvalue weighted by Crippen LogP contribution is 2.25. The number of piperazine rings is 1. The SMILES string of the molecule is Cc1nc(C#N)c(N2CCN(C(=O)CSc3nccn3-c3ccc(C(C)C)cc3)CC2)o1. The molecule has 1 aliphatic heterocycles. The average Bonchev–Trinajstić information content (AvgIpc) is 3.43. The Hall–Kier alpha value is -3.25. The Labute approximate surface area is 191 Å². The van der Waals surface area contributed by atoms with E-state index in [2.05, 4.69) is 54.2 Å². The number of rotatable bonds is 6. The molecule has 3 heterocycles. The van der Waals surface area contributed by atoms with Crippen molar-refractivity contribution in [1.29, 1.82) is 5.26 Å². The highest BCUT2D eigenvalue weighted by atomic mass is 32.2. The Kier molecular flexibility index (Phi) is 6.51. The second kappa shape index (κ2) is 9.49. The van der Waals surface area contributed by atoms with Crippen molar-refractivity contribution >= 4 is 23.6 Å². The fourth-order valence-electron chi connectivity index (χ4n) is 3.69. The van der Waals surface area contributed by atoms with Gasteiger partial charge in [0.25, 0.3) is 0 Å². The van der Waals surface area contributed by atoms with E-state index < -0.39 is 0 Å². The molecule has 2 aromatic heterocycles. The van der Waals surface area contributed by atoms with Gasteiger partial charge in [0, 0.05) is 51.2 Å². The van der Waals surface area contributed by atoms with Gasteiger partial charge in [-0.05, 0) is 23.6 Å². The van der Waals surface area contributed by atoms with Gasteiger partial charge in [-0.1, -0.05) is 37.7 Å². The molecule has 0 atom stereocenters. The maximum Gasteiger partial charge on any atom is 0.234 e. The highest BCUT2D eigenvalue weighted by molar-refractivity contribution is 7.99. The standard InChI is InChI=1S/C23H26N6O2S/c1-16(2)18-4-6-19(7-5-18)29-9-8-25-23(29)32-15-21(30)27-10-12-28(13-11-27)22-20(14-24)26-17(3)31-22/h4-9,16H,10-13,15H2,1-3H3. The van der Waals surface area contributed by atoms with Gasteiger partial charge in [-0.2, -0.15) is 5.26 Å². The fourth-order valence-corrected chi connectivity index (χ4v) is 4.57. The van der Waals surface area contributed by atoms with Crippen molar-refractivity contribution in [3.05, 3.63) is 53.8 Å². The summed E-state index contributed by atoms with van der Waals surface area (Å²) >= 11 is 1.44. The van der Waals surface area contributed by atoms with Crippen LogP contribution in [-0.2, 0) is 4.79 Å². The number of hydrogen-bond donors (Lipinski definition) is 0. The molecule has 32 heavy (non-hydrogen) atoms. The number of aryl methyl sites for hydroxylation is 1. The first-order valence-electron chi connectivity index (χ1n) is 10.6. The van der Waals surface area contributed by atoms with Gasteiger partial charge in [-0.3, -0.25) is 9.36 Å². The van der Waals surface area contributed by atoms with Crippen LogP contribution in [-0.4, -0.2) is 57.3 Å². The lowest BCUT2D eigenvalue weighted by molar-refractivity contribution is -0.128. The lowest BCUT2D eigenvalue weighted by atomic mass is 10.0. The number of carbonyl (C=O) groups is 1. The number of nitriles is 1. The van der Waals surface area contributed by atoms with E-state index in [4.69, 9.17) is 4.42 Å². The Morgan fingerprint density at radius 2 is 1.94 bits per heavy atom. The number of nitrogens with zero attached hydrogens (tertiary/aromatic N) is 6. The largest absolute Gasteiger partial charge is 0.424 e. The molecule has 9 heteroatoms. The molecule has 0 aliphatic carbocycles. The summed E-state index contributed by atoms with van der Waals surface area (Å²) in [5.41, 5.74) is 2.62. The third kappa shape index (κ3) is 4.65. The van der Waals surface area contributed by atoms with E-state index in [-0.39, 0.29) is 5.91 Å². The number of hydrogen-bond acceptors (Lipinski definition) is 7. The molecule has 0 saturated carbocycles. The Morgan fingerprint density at radius 1 is 1.22 bits per heavy atom. The first-order chi connectivity index (χ1) is 15.5. The molecule has 1 amide bonds. The Balaban J connectivity index is 1.33. The third-order valence-electron chi connectivity index (χ3n) is 5.51. The number of amides is 1. The van der Waals surface area contributed by atoms with Gasteiger partial charge in [0.05, 0.1) is 5.75 Å². The summed E-state index contributed by atoms with van der Waals surface area (Å²) in [6, 6.07) is 10.5.